The van der Waals surface area contributed by atoms with Gasteiger partial charge in [0.25, 0.3) is 0 Å². The molecule has 5 heteroatoms. The highest BCUT2D eigenvalue weighted by atomic mass is 19.4. The van der Waals surface area contributed by atoms with E-state index in [1.165, 1.54) is 12.1 Å². The number of nitrogens with zero attached hydrogens (tertiary/aromatic N) is 1. The maximum Gasteiger partial charge on any atom is 0.416 e. The number of alkyl halides is 3. The van der Waals surface area contributed by atoms with Crippen LogP contribution in [-0.4, -0.2) is 5.84 Å². The van der Waals surface area contributed by atoms with Crippen molar-refractivity contribution in [1.29, 1.82) is 0 Å². The highest BCUT2D eigenvalue weighted by Gasteiger charge is 2.32. The monoisotopic (exact) mass is 278 g/mol. The van der Waals surface area contributed by atoms with Crippen molar-refractivity contribution in [1.82, 2.24) is 0 Å². The van der Waals surface area contributed by atoms with Crippen molar-refractivity contribution < 1.29 is 13.2 Å². The SMILES string of the molecule is NC(=NCc1ccccc1C(F)(F)F)c1ccccc1. The Balaban J connectivity index is 2.24. The quantitative estimate of drug-likeness (QED) is 0.676. The van der Waals surface area contributed by atoms with Crippen molar-refractivity contribution in [2.45, 2.75) is 12.7 Å². The van der Waals surface area contributed by atoms with Gasteiger partial charge in [0.1, 0.15) is 5.84 Å². The fourth-order valence-corrected chi connectivity index (χ4v) is 1.81. The first-order valence-corrected chi connectivity index (χ1v) is 5.99. The van der Waals surface area contributed by atoms with Gasteiger partial charge in [-0.25, -0.2) is 0 Å². The number of nitrogens with two attached hydrogens (primary N) is 1. The molecule has 0 saturated heterocycles. The summed E-state index contributed by atoms with van der Waals surface area (Å²) in [5, 5.41) is 0. The van der Waals surface area contributed by atoms with Crippen molar-refractivity contribution in [3.63, 3.8) is 0 Å². The highest BCUT2D eigenvalue weighted by molar-refractivity contribution is 5.97. The Hall–Kier alpha value is -2.30. The number of amidine groups is 1. The molecular formula is C15H13F3N2. The van der Waals surface area contributed by atoms with Crippen molar-refractivity contribution >= 4 is 5.84 Å². The molecule has 0 saturated carbocycles. The molecule has 0 spiro atoms. The maximum atomic E-state index is 12.8. The lowest BCUT2D eigenvalue weighted by Crippen LogP contribution is -2.14. The molecule has 0 aliphatic carbocycles. The van der Waals surface area contributed by atoms with Crippen molar-refractivity contribution in [2.24, 2.45) is 10.7 Å². The molecule has 20 heavy (non-hydrogen) atoms. The van der Waals surface area contributed by atoms with Gasteiger partial charge in [0.05, 0.1) is 12.1 Å². The van der Waals surface area contributed by atoms with E-state index in [-0.39, 0.29) is 17.9 Å². The Morgan fingerprint density at radius 3 is 2.20 bits per heavy atom. The summed E-state index contributed by atoms with van der Waals surface area (Å²) in [5.74, 6) is 0.225. The molecule has 0 radical (unpaired) electrons. The zero-order chi connectivity index (χ0) is 14.6. The summed E-state index contributed by atoms with van der Waals surface area (Å²) in [6.45, 7) is -0.101. The van der Waals surface area contributed by atoms with Crippen molar-refractivity contribution in [2.75, 3.05) is 0 Å². The molecular weight excluding hydrogens is 265 g/mol. The van der Waals surface area contributed by atoms with Gasteiger partial charge in [0, 0.05) is 5.56 Å². The molecule has 0 atom stereocenters. The van der Waals surface area contributed by atoms with Gasteiger partial charge < -0.3 is 5.73 Å². The first-order valence-electron chi connectivity index (χ1n) is 5.99. The molecule has 2 nitrogen and oxygen atoms in total. The van der Waals surface area contributed by atoms with Gasteiger partial charge >= 0.3 is 6.18 Å². The summed E-state index contributed by atoms with van der Waals surface area (Å²) in [4.78, 5) is 4.03. The van der Waals surface area contributed by atoms with Crippen LogP contribution in [0.3, 0.4) is 0 Å². The minimum Gasteiger partial charge on any atom is -0.383 e. The van der Waals surface area contributed by atoms with Crippen LogP contribution in [0.25, 0.3) is 0 Å². The van der Waals surface area contributed by atoms with Crippen LogP contribution in [0.4, 0.5) is 13.2 Å². The minimum absolute atomic E-state index is 0.101. The topological polar surface area (TPSA) is 38.4 Å². The van der Waals surface area contributed by atoms with Crippen LogP contribution in [0, 0.1) is 0 Å². The first kappa shape index (κ1) is 14.1. The standard InChI is InChI=1S/C15H13F3N2/c16-15(17,18)13-9-5-4-8-12(13)10-20-14(19)11-6-2-1-3-7-11/h1-9H,10H2,(H2,19,20). The van der Waals surface area contributed by atoms with Crippen LogP contribution in [0.15, 0.2) is 59.6 Å². The second-order valence-corrected chi connectivity index (χ2v) is 4.22. The van der Waals surface area contributed by atoms with Crippen LogP contribution >= 0.6 is 0 Å². The van der Waals surface area contributed by atoms with Gasteiger partial charge in [-0.15, -0.1) is 0 Å². The molecule has 2 aromatic carbocycles. The lowest BCUT2D eigenvalue weighted by molar-refractivity contribution is -0.138. The Kier molecular flexibility index (Phi) is 4.08. The summed E-state index contributed by atoms with van der Waals surface area (Å²) in [5.41, 5.74) is 5.90. The number of halogens is 3. The van der Waals surface area contributed by atoms with E-state index >= 15 is 0 Å². The Morgan fingerprint density at radius 1 is 0.950 bits per heavy atom. The van der Waals surface area contributed by atoms with Crippen LogP contribution in [0.5, 0.6) is 0 Å². The van der Waals surface area contributed by atoms with Gasteiger partial charge in [-0.05, 0) is 11.6 Å². The zero-order valence-electron chi connectivity index (χ0n) is 10.6. The fraction of sp³-hybridized carbons (Fsp3) is 0.133. The van der Waals surface area contributed by atoms with E-state index < -0.39 is 11.7 Å². The average molecular weight is 278 g/mol. The molecule has 2 rings (SSSR count). The van der Waals surface area contributed by atoms with Crippen LogP contribution in [0.2, 0.25) is 0 Å². The first-order chi connectivity index (χ1) is 9.48. The summed E-state index contributed by atoms with van der Waals surface area (Å²) >= 11 is 0. The summed E-state index contributed by atoms with van der Waals surface area (Å²) < 4.78 is 38.4. The van der Waals surface area contributed by atoms with E-state index in [0.29, 0.717) is 5.56 Å². The number of aliphatic imine (C=N–C) groups is 1. The van der Waals surface area contributed by atoms with Gasteiger partial charge in [-0.1, -0.05) is 48.5 Å². The molecule has 0 aromatic heterocycles. The highest BCUT2D eigenvalue weighted by Crippen LogP contribution is 2.32. The predicted molar refractivity (Wildman–Crippen MR) is 72.3 cm³/mol. The molecule has 2 N–H and O–H groups in total. The van der Waals surface area contributed by atoms with Crippen LogP contribution < -0.4 is 5.73 Å². The molecule has 104 valence electrons. The molecule has 0 bridgehead atoms. The molecule has 0 unspecified atom stereocenters. The van der Waals surface area contributed by atoms with Crippen LogP contribution in [-0.2, 0) is 12.7 Å². The minimum atomic E-state index is -4.38. The third kappa shape index (κ3) is 3.38. The third-order valence-corrected chi connectivity index (χ3v) is 2.81. The lowest BCUT2D eigenvalue weighted by atomic mass is 10.1. The average Bonchev–Trinajstić information content (AvgIpc) is 2.45. The Labute approximate surface area is 114 Å². The summed E-state index contributed by atoms with van der Waals surface area (Å²) in [6.07, 6.45) is -4.38. The molecule has 0 heterocycles. The van der Waals surface area contributed by atoms with E-state index in [2.05, 4.69) is 4.99 Å². The Morgan fingerprint density at radius 2 is 1.55 bits per heavy atom. The van der Waals surface area contributed by atoms with E-state index in [9.17, 15) is 13.2 Å². The molecule has 0 amide bonds. The van der Waals surface area contributed by atoms with Gasteiger partial charge in [0.15, 0.2) is 0 Å². The maximum absolute atomic E-state index is 12.8. The summed E-state index contributed by atoms with van der Waals surface area (Å²) in [7, 11) is 0. The number of hydrogen-bond acceptors (Lipinski definition) is 1. The van der Waals surface area contributed by atoms with Gasteiger partial charge in [-0.2, -0.15) is 13.2 Å². The van der Waals surface area contributed by atoms with E-state index in [1.807, 2.05) is 6.07 Å². The van der Waals surface area contributed by atoms with Crippen molar-refractivity contribution in [3.8, 4) is 0 Å². The van der Waals surface area contributed by atoms with Crippen molar-refractivity contribution in [3.05, 3.63) is 71.3 Å². The second-order valence-electron chi connectivity index (χ2n) is 4.22. The second kappa shape index (κ2) is 5.77. The fourth-order valence-electron chi connectivity index (χ4n) is 1.81. The van der Waals surface area contributed by atoms with Gasteiger partial charge in [0.2, 0.25) is 0 Å². The van der Waals surface area contributed by atoms with Gasteiger partial charge in [-0.3, -0.25) is 4.99 Å². The molecule has 0 aliphatic heterocycles. The van der Waals surface area contributed by atoms with E-state index in [4.69, 9.17) is 5.73 Å². The molecule has 0 aliphatic rings. The summed E-state index contributed by atoms with van der Waals surface area (Å²) in [6, 6.07) is 14.3. The van der Waals surface area contributed by atoms with E-state index in [1.54, 1.807) is 30.3 Å². The third-order valence-electron chi connectivity index (χ3n) is 2.81. The zero-order valence-corrected chi connectivity index (χ0v) is 10.6. The van der Waals surface area contributed by atoms with Crippen LogP contribution in [0.1, 0.15) is 16.7 Å². The van der Waals surface area contributed by atoms with E-state index in [0.717, 1.165) is 6.07 Å². The number of hydrogen-bond donors (Lipinski definition) is 1. The molecule has 2 aromatic rings. The largest absolute Gasteiger partial charge is 0.416 e. The smallest absolute Gasteiger partial charge is 0.383 e. The molecule has 0 fully saturated rings. The predicted octanol–water partition coefficient (Wildman–Crippen LogP) is 3.61. The lowest BCUT2D eigenvalue weighted by Gasteiger charge is -2.11. The number of benzene rings is 2. The Bertz CT molecular complexity index is 604. The number of rotatable bonds is 3. The normalized spacial score (nSPS) is 12.4.